The lowest BCUT2D eigenvalue weighted by Crippen LogP contribution is -1.95. The fourth-order valence-corrected chi connectivity index (χ4v) is 2.24. The second-order valence-corrected chi connectivity index (χ2v) is 4.77. The summed E-state index contributed by atoms with van der Waals surface area (Å²) in [5.74, 6) is 0. The predicted molar refractivity (Wildman–Crippen MR) is 73.1 cm³/mol. The molecule has 2 N–H and O–H groups in total. The Morgan fingerprint density at radius 1 is 1.29 bits per heavy atom. The zero-order valence-electron chi connectivity index (χ0n) is 10.2. The maximum absolute atomic E-state index is 4.39. The summed E-state index contributed by atoms with van der Waals surface area (Å²) in [5, 5.41) is 3.19. The molecule has 0 aliphatic rings. The van der Waals surface area contributed by atoms with Crippen LogP contribution in [0.2, 0.25) is 0 Å². The molecule has 0 bridgehead atoms. The van der Waals surface area contributed by atoms with Gasteiger partial charge < -0.3 is 9.88 Å². The van der Waals surface area contributed by atoms with Crippen molar-refractivity contribution in [2.24, 2.45) is 7.05 Å². The van der Waals surface area contributed by atoms with Crippen molar-refractivity contribution in [2.75, 3.05) is 19.4 Å². The quantitative estimate of drug-likeness (QED) is 0.815. The van der Waals surface area contributed by atoms with Crippen molar-refractivity contribution in [1.29, 1.82) is 0 Å². The van der Waals surface area contributed by atoms with Gasteiger partial charge in [0.1, 0.15) is 0 Å². The minimum atomic E-state index is 0.982. The van der Waals surface area contributed by atoms with Crippen LogP contribution in [0.4, 0.5) is 5.69 Å². The summed E-state index contributed by atoms with van der Waals surface area (Å²) in [7, 11) is 5.81. The zero-order chi connectivity index (χ0) is 12.3. The Hall–Kier alpha value is -1.46. The van der Waals surface area contributed by atoms with Crippen LogP contribution in [0.15, 0.2) is 35.6 Å². The van der Waals surface area contributed by atoms with Gasteiger partial charge in [-0.25, -0.2) is 4.98 Å². The van der Waals surface area contributed by atoms with E-state index in [1.54, 1.807) is 11.9 Å². The maximum atomic E-state index is 4.39. The molecule has 4 nitrogen and oxygen atoms in total. The molecule has 17 heavy (non-hydrogen) atoms. The number of nitrogens with one attached hydrogen (secondary N) is 2. The third-order valence-corrected chi connectivity index (χ3v) is 3.15. The SMILES string of the molecule is CNSc1ccc(NC)c(-c2cn(C)cn2)c1. The van der Waals surface area contributed by atoms with E-state index >= 15 is 0 Å². The Labute approximate surface area is 106 Å². The van der Waals surface area contributed by atoms with Crippen LogP contribution in [0.1, 0.15) is 0 Å². The lowest BCUT2D eigenvalue weighted by molar-refractivity contribution is 0.913. The van der Waals surface area contributed by atoms with E-state index in [4.69, 9.17) is 0 Å². The molecule has 0 saturated heterocycles. The van der Waals surface area contributed by atoms with Crippen molar-refractivity contribution in [3.8, 4) is 11.3 Å². The fourth-order valence-electron chi connectivity index (χ4n) is 1.69. The minimum Gasteiger partial charge on any atom is -0.388 e. The first kappa shape index (κ1) is 12.0. The Morgan fingerprint density at radius 2 is 2.12 bits per heavy atom. The normalized spacial score (nSPS) is 10.5. The number of benzene rings is 1. The molecule has 0 unspecified atom stereocenters. The van der Waals surface area contributed by atoms with Gasteiger partial charge in [0.05, 0.1) is 12.0 Å². The van der Waals surface area contributed by atoms with Gasteiger partial charge >= 0.3 is 0 Å². The largest absolute Gasteiger partial charge is 0.388 e. The number of aryl methyl sites for hydroxylation is 1. The lowest BCUT2D eigenvalue weighted by atomic mass is 10.1. The van der Waals surface area contributed by atoms with E-state index in [2.05, 4.69) is 33.2 Å². The van der Waals surface area contributed by atoms with Crippen molar-refractivity contribution < 1.29 is 0 Å². The summed E-state index contributed by atoms with van der Waals surface area (Å²) >= 11 is 1.60. The maximum Gasteiger partial charge on any atom is 0.0951 e. The summed E-state index contributed by atoms with van der Waals surface area (Å²) in [6.45, 7) is 0. The number of nitrogens with zero attached hydrogens (tertiary/aromatic N) is 2. The van der Waals surface area contributed by atoms with Crippen LogP contribution < -0.4 is 10.0 Å². The van der Waals surface area contributed by atoms with Gasteiger partial charge in [-0.15, -0.1) is 0 Å². The van der Waals surface area contributed by atoms with Crippen LogP contribution in [0, 0.1) is 0 Å². The van der Waals surface area contributed by atoms with Crippen molar-refractivity contribution in [3.63, 3.8) is 0 Å². The number of anilines is 1. The molecule has 0 aliphatic heterocycles. The molecule has 1 aromatic carbocycles. The number of imidazole rings is 1. The number of rotatable bonds is 4. The topological polar surface area (TPSA) is 41.9 Å². The smallest absolute Gasteiger partial charge is 0.0951 e. The minimum absolute atomic E-state index is 0.982. The molecule has 1 aromatic heterocycles. The van der Waals surface area contributed by atoms with Crippen molar-refractivity contribution >= 4 is 17.6 Å². The van der Waals surface area contributed by atoms with Gasteiger partial charge in [-0.05, 0) is 37.2 Å². The van der Waals surface area contributed by atoms with Crippen LogP contribution in [0.3, 0.4) is 0 Å². The van der Waals surface area contributed by atoms with E-state index in [1.807, 2.05) is 38.2 Å². The molecule has 2 rings (SSSR count). The summed E-state index contributed by atoms with van der Waals surface area (Å²) in [5.41, 5.74) is 3.19. The third-order valence-electron chi connectivity index (χ3n) is 2.46. The molecule has 1 heterocycles. The number of hydrogen-bond acceptors (Lipinski definition) is 4. The second-order valence-electron chi connectivity index (χ2n) is 3.69. The van der Waals surface area contributed by atoms with Crippen molar-refractivity contribution in [2.45, 2.75) is 4.90 Å². The molecular weight excluding hydrogens is 232 g/mol. The van der Waals surface area contributed by atoms with Crippen LogP contribution in [0.25, 0.3) is 11.3 Å². The van der Waals surface area contributed by atoms with Gasteiger partial charge in [0.2, 0.25) is 0 Å². The van der Waals surface area contributed by atoms with E-state index in [-0.39, 0.29) is 0 Å². The lowest BCUT2D eigenvalue weighted by Gasteiger charge is -2.09. The Morgan fingerprint density at radius 3 is 2.71 bits per heavy atom. The average Bonchev–Trinajstić information content (AvgIpc) is 2.76. The second kappa shape index (κ2) is 5.25. The molecule has 0 atom stereocenters. The van der Waals surface area contributed by atoms with Gasteiger partial charge in [0.25, 0.3) is 0 Å². The first-order valence-electron chi connectivity index (χ1n) is 5.38. The monoisotopic (exact) mass is 248 g/mol. The summed E-state index contributed by atoms with van der Waals surface area (Å²) in [4.78, 5) is 5.56. The van der Waals surface area contributed by atoms with Crippen LogP contribution in [0.5, 0.6) is 0 Å². The fraction of sp³-hybridized carbons (Fsp3) is 0.250. The molecular formula is C12H16N4S. The average molecular weight is 248 g/mol. The van der Waals surface area contributed by atoms with E-state index in [1.165, 1.54) is 4.90 Å². The first-order valence-corrected chi connectivity index (χ1v) is 6.20. The summed E-state index contributed by atoms with van der Waals surface area (Å²) in [6, 6.07) is 6.29. The highest BCUT2D eigenvalue weighted by Gasteiger charge is 2.08. The molecule has 0 amide bonds. The summed E-state index contributed by atoms with van der Waals surface area (Å²) in [6.07, 6.45) is 3.83. The number of hydrogen-bond donors (Lipinski definition) is 2. The Bertz CT molecular complexity index is 507. The standard InChI is InChI=1S/C12H16N4S/c1-13-11-5-4-9(17-14-2)6-10(11)12-7-16(3)8-15-12/h4-8,13-14H,1-3H3. The van der Waals surface area contributed by atoms with E-state index < -0.39 is 0 Å². The Balaban J connectivity index is 2.45. The molecule has 0 saturated carbocycles. The van der Waals surface area contributed by atoms with Gasteiger partial charge in [0, 0.05) is 36.4 Å². The van der Waals surface area contributed by atoms with Crippen molar-refractivity contribution in [3.05, 3.63) is 30.7 Å². The molecule has 90 valence electrons. The van der Waals surface area contributed by atoms with Crippen LogP contribution in [-0.4, -0.2) is 23.6 Å². The molecule has 0 fully saturated rings. The molecule has 0 spiro atoms. The third kappa shape index (κ3) is 2.62. The highest BCUT2D eigenvalue weighted by molar-refractivity contribution is 7.97. The summed E-state index contributed by atoms with van der Waals surface area (Å²) < 4.78 is 5.03. The molecule has 2 aromatic rings. The highest BCUT2D eigenvalue weighted by atomic mass is 32.2. The highest BCUT2D eigenvalue weighted by Crippen LogP contribution is 2.30. The van der Waals surface area contributed by atoms with E-state index in [0.717, 1.165) is 16.9 Å². The molecule has 0 radical (unpaired) electrons. The number of aromatic nitrogens is 2. The van der Waals surface area contributed by atoms with E-state index in [0.29, 0.717) is 0 Å². The van der Waals surface area contributed by atoms with Gasteiger partial charge in [0.15, 0.2) is 0 Å². The zero-order valence-corrected chi connectivity index (χ0v) is 11.0. The molecule has 5 heteroatoms. The van der Waals surface area contributed by atoms with Crippen LogP contribution >= 0.6 is 11.9 Å². The van der Waals surface area contributed by atoms with Crippen LogP contribution in [-0.2, 0) is 7.05 Å². The molecule has 0 aliphatic carbocycles. The van der Waals surface area contributed by atoms with Gasteiger partial charge in [-0.2, -0.15) is 0 Å². The first-order chi connectivity index (χ1) is 8.24. The van der Waals surface area contributed by atoms with Crippen molar-refractivity contribution in [1.82, 2.24) is 14.3 Å². The van der Waals surface area contributed by atoms with E-state index in [9.17, 15) is 0 Å². The van der Waals surface area contributed by atoms with Gasteiger partial charge in [-0.1, -0.05) is 0 Å². The predicted octanol–water partition coefficient (Wildman–Crippen LogP) is 2.36. The Kier molecular flexibility index (Phi) is 3.71. The van der Waals surface area contributed by atoms with Gasteiger partial charge in [-0.3, -0.25) is 4.72 Å².